The van der Waals surface area contributed by atoms with Crippen LogP contribution in [-0.2, 0) is 0 Å². The Bertz CT molecular complexity index is 801. The second-order valence-electron chi connectivity index (χ2n) is 5.83. The van der Waals surface area contributed by atoms with Gasteiger partial charge in [0.1, 0.15) is 16.8 Å². The average Bonchev–Trinajstić information content (AvgIpc) is 2.63. The van der Waals surface area contributed by atoms with Crippen molar-refractivity contribution in [1.29, 1.82) is 0 Å². The zero-order chi connectivity index (χ0) is 16.6. The van der Waals surface area contributed by atoms with Gasteiger partial charge in [-0.05, 0) is 36.2 Å². The Morgan fingerprint density at radius 2 is 1.91 bits per heavy atom. The minimum atomic E-state index is -0.303. The fourth-order valence-corrected chi connectivity index (χ4v) is 3.23. The van der Waals surface area contributed by atoms with E-state index < -0.39 is 0 Å². The summed E-state index contributed by atoms with van der Waals surface area (Å²) in [7, 11) is 0. The molecule has 0 fully saturated rings. The maximum Gasteiger partial charge on any atom is 0.132 e. The van der Waals surface area contributed by atoms with E-state index in [0.29, 0.717) is 21.3 Å². The highest BCUT2D eigenvalue weighted by Crippen LogP contribution is 2.29. The quantitative estimate of drug-likeness (QED) is 0.765. The first-order valence-corrected chi connectivity index (χ1v) is 8.19. The summed E-state index contributed by atoms with van der Waals surface area (Å²) >= 11 is 11.6. The zero-order valence-electron chi connectivity index (χ0n) is 12.8. The van der Waals surface area contributed by atoms with Gasteiger partial charge >= 0.3 is 0 Å². The Morgan fingerprint density at radius 1 is 1.17 bits per heavy atom. The number of benzodiazepines with no additional fused rings is 1. The summed E-state index contributed by atoms with van der Waals surface area (Å²) in [5, 5.41) is 3.82. The van der Waals surface area contributed by atoms with E-state index in [4.69, 9.17) is 28.8 Å². The fourth-order valence-electron chi connectivity index (χ4n) is 2.62. The molecule has 0 aromatic heterocycles. The SMILES string of the molecule is CC(C)C1N=C(c2ccccc2F)c2ccc(Cl)cc2NC1=S. The first kappa shape index (κ1) is 16.1. The summed E-state index contributed by atoms with van der Waals surface area (Å²) in [5.74, 6) is -0.107. The van der Waals surface area contributed by atoms with E-state index >= 15 is 0 Å². The lowest BCUT2D eigenvalue weighted by molar-refractivity contribution is 0.600. The van der Waals surface area contributed by atoms with Gasteiger partial charge in [-0.15, -0.1) is 0 Å². The first-order chi connectivity index (χ1) is 11.0. The van der Waals surface area contributed by atoms with E-state index in [1.54, 1.807) is 30.3 Å². The van der Waals surface area contributed by atoms with Crippen LogP contribution in [0.5, 0.6) is 0 Å². The minimum absolute atomic E-state index is 0.196. The lowest BCUT2D eigenvalue weighted by atomic mass is 9.99. The van der Waals surface area contributed by atoms with E-state index in [2.05, 4.69) is 5.32 Å². The molecule has 0 saturated heterocycles. The highest BCUT2D eigenvalue weighted by molar-refractivity contribution is 7.80. The largest absolute Gasteiger partial charge is 0.348 e. The summed E-state index contributed by atoms with van der Waals surface area (Å²) in [6.07, 6.45) is 0. The van der Waals surface area contributed by atoms with Gasteiger partial charge in [0, 0.05) is 21.8 Å². The lowest BCUT2D eigenvalue weighted by Gasteiger charge is -2.17. The number of rotatable bonds is 2. The number of hydrogen-bond donors (Lipinski definition) is 1. The lowest BCUT2D eigenvalue weighted by Crippen LogP contribution is -2.28. The van der Waals surface area contributed by atoms with Crippen molar-refractivity contribution in [3.05, 3.63) is 64.4 Å². The van der Waals surface area contributed by atoms with E-state index in [9.17, 15) is 4.39 Å². The topological polar surface area (TPSA) is 24.4 Å². The number of benzene rings is 2. The minimum Gasteiger partial charge on any atom is -0.348 e. The molecule has 2 aromatic rings. The molecule has 1 heterocycles. The van der Waals surface area contributed by atoms with Crippen molar-refractivity contribution in [2.75, 3.05) is 5.32 Å². The van der Waals surface area contributed by atoms with Crippen LogP contribution in [0.2, 0.25) is 5.02 Å². The number of nitrogens with zero attached hydrogens (tertiary/aromatic N) is 1. The molecule has 1 atom stereocenters. The second kappa shape index (κ2) is 6.38. The van der Waals surface area contributed by atoms with Crippen LogP contribution in [-0.4, -0.2) is 16.7 Å². The molecular weight excluding hydrogens is 331 g/mol. The Morgan fingerprint density at radius 3 is 2.61 bits per heavy atom. The third-order valence-corrected chi connectivity index (χ3v) is 4.37. The first-order valence-electron chi connectivity index (χ1n) is 7.41. The van der Waals surface area contributed by atoms with Crippen molar-refractivity contribution < 1.29 is 4.39 Å². The van der Waals surface area contributed by atoms with E-state index in [-0.39, 0.29) is 17.8 Å². The van der Waals surface area contributed by atoms with Gasteiger partial charge in [-0.2, -0.15) is 0 Å². The molecule has 23 heavy (non-hydrogen) atoms. The zero-order valence-corrected chi connectivity index (χ0v) is 14.4. The van der Waals surface area contributed by atoms with Crippen molar-refractivity contribution in [1.82, 2.24) is 0 Å². The molecule has 0 saturated carbocycles. The molecule has 2 nitrogen and oxygen atoms in total. The van der Waals surface area contributed by atoms with Crippen LogP contribution in [0.4, 0.5) is 10.1 Å². The van der Waals surface area contributed by atoms with Crippen LogP contribution in [0.25, 0.3) is 0 Å². The van der Waals surface area contributed by atoms with Crippen molar-refractivity contribution >= 4 is 40.2 Å². The Labute approximate surface area is 145 Å². The van der Waals surface area contributed by atoms with Gasteiger partial charge in [0.25, 0.3) is 0 Å². The third-order valence-electron chi connectivity index (χ3n) is 3.79. The van der Waals surface area contributed by atoms with Crippen LogP contribution >= 0.6 is 23.8 Å². The average molecular weight is 347 g/mol. The third kappa shape index (κ3) is 3.14. The summed E-state index contributed by atoms with van der Waals surface area (Å²) in [4.78, 5) is 5.41. The van der Waals surface area contributed by atoms with E-state index in [0.717, 1.165) is 11.3 Å². The van der Waals surface area contributed by atoms with Crippen LogP contribution < -0.4 is 5.32 Å². The number of aliphatic imine (C=N–C) groups is 1. The molecule has 0 radical (unpaired) electrons. The van der Waals surface area contributed by atoms with Crippen molar-refractivity contribution in [2.45, 2.75) is 19.9 Å². The summed E-state index contributed by atoms with van der Waals surface area (Å²) in [6.45, 7) is 4.09. The van der Waals surface area contributed by atoms with Gasteiger partial charge in [0.15, 0.2) is 0 Å². The number of thiocarbonyl (C=S) groups is 1. The van der Waals surface area contributed by atoms with Gasteiger partial charge in [-0.3, -0.25) is 4.99 Å². The monoisotopic (exact) mass is 346 g/mol. The van der Waals surface area contributed by atoms with E-state index in [1.807, 2.05) is 19.9 Å². The molecule has 3 rings (SSSR count). The van der Waals surface area contributed by atoms with E-state index in [1.165, 1.54) is 6.07 Å². The Kier molecular flexibility index (Phi) is 4.46. The number of fused-ring (bicyclic) bond motifs is 1. The molecule has 2 aromatic carbocycles. The highest BCUT2D eigenvalue weighted by Gasteiger charge is 2.26. The summed E-state index contributed by atoms with van der Waals surface area (Å²) in [6, 6.07) is 11.8. The predicted molar refractivity (Wildman–Crippen MR) is 98.3 cm³/mol. The van der Waals surface area contributed by atoms with Crippen molar-refractivity contribution in [3.63, 3.8) is 0 Å². The fraction of sp³-hybridized carbons (Fsp3) is 0.222. The molecule has 1 aliphatic heterocycles. The summed E-state index contributed by atoms with van der Waals surface area (Å²) in [5.41, 5.74) is 2.62. The molecule has 0 aliphatic carbocycles. The van der Waals surface area contributed by atoms with Gasteiger partial charge in [-0.25, -0.2) is 4.39 Å². The van der Waals surface area contributed by atoms with Crippen molar-refractivity contribution in [2.24, 2.45) is 10.9 Å². The van der Waals surface area contributed by atoms with Crippen LogP contribution in [0.1, 0.15) is 25.0 Å². The number of halogens is 2. The number of anilines is 1. The van der Waals surface area contributed by atoms with Crippen LogP contribution in [0.15, 0.2) is 47.5 Å². The predicted octanol–water partition coefficient (Wildman–Crippen LogP) is 5.09. The second-order valence-corrected chi connectivity index (χ2v) is 6.70. The molecular formula is C18H16ClFN2S. The number of hydrogen-bond acceptors (Lipinski definition) is 2. The smallest absolute Gasteiger partial charge is 0.132 e. The molecule has 0 amide bonds. The van der Waals surface area contributed by atoms with Crippen molar-refractivity contribution in [3.8, 4) is 0 Å². The summed E-state index contributed by atoms with van der Waals surface area (Å²) < 4.78 is 14.3. The molecule has 5 heteroatoms. The van der Waals surface area contributed by atoms with Crippen LogP contribution in [0, 0.1) is 11.7 Å². The molecule has 1 unspecified atom stereocenters. The van der Waals surface area contributed by atoms with Gasteiger partial charge < -0.3 is 5.32 Å². The standard InChI is InChI=1S/C18H16ClFN2S/c1-10(2)16-18(23)21-15-9-11(19)7-8-13(15)17(22-16)12-5-3-4-6-14(12)20/h3-10,16H,1-2H3,(H,21,23). The normalized spacial score (nSPS) is 17.3. The van der Waals surface area contributed by atoms with Gasteiger partial charge in [0.2, 0.25) is 0 Å². The Hall–Kier alpha value is -1.78. The molecule has 0 spiro atoms. The maximum absolute atomic E-state index is 14.3. The van der Waals surface area contributed by atoms with Gasteiger partial charge in [-0.1, -0.05) is 49.8 Å². The molecule has 0 bridgehead atoms. The Balaban J connectivity index is 2.26. The molecule has 1 N–H and O–H groups in total. The highest BCUT2D eigenvalue weighted by atomic mass is 35.5. The van der Waals surface area contributed by atoms with Crippen LogP contribution in [0.3, 0.4) is 0 Å². The number of nitrogens with one attached hydrogen (secondary N) is 1. The molecule has 118 valence electrons. The van der Waals surface area contributed by atoms with Gasteiger partial charge in [0.05, 0.1) is 5.71 Å². The molecule has 1 aliphatic rings. The maximum atomic E-state index is 14.3.